The van der Waals surface area contributed by atoms with Gasteiger partial charge in [-0.05, 0) is 26.0 Å². The van der Waals surface area contributed by atoms with Crippen LogP contribution in [-0.4, -0.2) is 26.8 Å². The third-order valence-electron chi connectivity index (χ3n) is 2.56. The molecule has 0 bridgehead atoms. The van der Waals surface area contributed by atoms with Crippen molar-refractivity contribution in [2.75, 3.05) is 0 Å². The van der Waals surface area contributed by atoms with Gasteiger partial charge in [-0.3, -0.25) is 9.78 Å². The summed E-state index contributed by atoms with van der Waals surface area (Å²) in [5, 5.41) is 2.85. The van der Waals surface area contributed by atoms with Gasteiger partial charge in [0.05, 0.1) is 6.54 Å². The quantitative estimate of drug-likeness (QED) is 0.849. The molecule has 0 spiro atoms. The van der Waals surface area contributed by atoms with Crippen molar-refractivity contribution in [1.82, 2.24) is 14.9 Å². The van der Waals surface area contributed by atoms with E-state index in [-0.39, 0.29) is 11.9 Å². The molecule has 0 aliphatic rings. The normalized spacial score (nSPS) is 10.6. The number of pyridine rings is 1. The number of rotatable bonds is 4. The summed E-state index contributed by atoms with van der Waals surface area (Å²) >= 11 is 1.56. The third-order valence-corrected chi connectivity index (χ3v) is 3.32. The van der Waals surface area contributed by atoms with Crippen LogP contribution in [-0.2, 0) is 6.54 Å². The largest absolute Gasteiger partial charge is 0.328 e. The maximum Gasteiger partial charge on any atom is 0.273 e. The standard InChI is InChI=1S/C13H15N3OS/c1-10(2)16(9-12-15-7-8-18-12)13(17)11-5-3-4-6-14-11/h3-8,10H,9H2,1-2H3. The zero-order valence-corrected chi connectivity index (χ0v) is 11.2. The van der Waals surface area contributed by atoms with E-state index in [1.54, 1.807) is 40.8 Å². The van der Waals surface area contributed by atoms with Crippen molar-refractivity contribution in [2.45, 2.75) is 26.4 Å². The number of carbonyl (C=O) groups is 1. The molecule has 0 atom stereocenters. The van der Waals surface area contributed by atoms with E-state index in [1.165, 1.54) is 0 Å². The Hall–Kier alpha value is -1.75. The maximum absolute atomic E-state index is 12.4. The summed E-state index contributed by atoms with van der Waals surface area (Å²) in [6.07, 6.45) is 3.39. The molecule has 2 heterocycles. The molecule has 2 aromatic heterocycles. The minimum atomic E-state index is -0.0548. The lowest BCUT2D eigenvalue weighted by atomic mass is 10.2. The Labute approximate surface area is 110 Å². The van der Waals surface area contributed by atoms with Crippen molar-refractivity contribution in [1.29, 1.82) is 0 Å². The van der Waals surface area contributed by atoms with E-state index in [2.05, 4.69) is 9.97 Å². The predicted octanol–water partition coefficient (Wildman–Crippen LogP) is 2.59. The minimum absolute atomic E-state index is 0.0548. The first-order valence-electron chi connectivity index (χ1n) is 5.79. The smallest absolute Gasteiger partial charge is 0.273 e. The highest BCUT2D eigenvalue weighted by molar-refractivity contribution is 7.09. The molecule has 94 valence electrons. The molecule has 0 aliphatic carbocycles. The lowest BCUT2D eigenvalue weighted by Crippen LogP contribution is -2.36. The van der Waals surface area contributed by atoms with Gasteiger partial charge in [-0.2, -0.15) is 0 Å². The van der Waals surface area contributed by atoms with Gasteiger partial charge in [-0.25, -0.2) is 4.98 Å². The minimum Gasteiger partial charge on any atom is -0.328 e. The van der Waals surface area contributed by atoms with E-state index in [0.29, 0.717) is 12.2 Å². The van der Waals surface area contributed by atoms with Crippen molar-refractivity contribution < 1.29 is 4.79 Å². The first-order chi connectivity index (χ1) is 8.68. The summed E-state index contributed by atoms with van der Waals surface area (Å²) in [6.45, 7) is 4.52. The molecule has 0 N–H and O–H groups in total. The highest BCUT2D eigenvalue weighted by Crippen LogP contribution is 2.13. The zero-order chi connectivity index (χ0) is 13.0. The molecule has 1 amide bonds. The molecule has 18 heavy (non-hydrogen) atoms. The second-order valence-electron chi connectivity index (χ2n) is 4.17. The van der Waals surface area contributed by atoms with Crippen LogP contribution in [0.15, 0.2) is 36.0 Å². The van der Waals surface area contributed by atoms with E-state index in [1.807, 2.05) is 25.3 Å². The summed E-state index contributed by atoms with van der Waals surface area (Å²) in [7, 11) is 0. The SMILES string of the molecule is CC(C)N(Cc1nccs1)C(=O)c1ccccn1. The molecule has 0 saturated heterocycles. The zero-order valence-electron chi connectivity index (χ0n) is 10.4. The Morgan fingerprint density at radius 3 is 2.72 bits per heavy atom. The Morgan fingerprint density at radius 1 is 1.33 bits per heavy atom. The summed E-state index contributed by atoms with van der Waals surface area (Å²) in [5.74, 6) is -0.0548. The monoisotopic (exact) mass is 261 g/mol. The van der Waals surface area contributed by atoms with Crippen molar-refractivity contribution in [3.05, 3.63) is 46.7 Å². The summed E-state index contributed by atoms with van der Waals surface area (Å²) < 4.78 is 0. The molecular weight excluding hydrogens is 246 g/mol. The summed E-state index contributed by atoms with van der Waals surface area (Å²) in [6, 6.07) is 5.47. The van der Waals surface area contributed by atoms with Gasteiger partial charge in [0.2, 0.25) is 0 Å². The number of aromatic nitrogens is 2. The second-order valence-corrected chi connectivity index (χ2v) is 5.15. The van der Waals surface area contributed by atoms with Crippen LogP contribution in [0.5, 0.6) is 0 Å². The fourth-order valence-electron chi connectivity index (χ4n) is 1.60. The topological polar surface area (TPSA) is 46.1 Å². The Kier molecular flexibility index (Phi) is 4.04. The Bertz CT molecular complexity index is 496. The number of nitrogens with zero attached hydrogens (tertiary/aromatic N) is 3. The molecule has 0 radical (unpaired) electrons. The van der Waals surface area contributed by atoms with Crippen molar-refractivity contribution in [2.24, 2.45) is 0 Å². The molecule has 0 unspecified atom stereocenters. The van der Waals surface area contributed by atoms with Crippen LogP contribution in [0, 0.1) is 0 Å². The van der Waals surface area contributed by atoms with Crippen LogP contribution in [0.1, 0.15) is 29.3 Å². The van der Waals surface area contributed by atoms with Gasteiger partial charge in [-0.15, -0.1) is 11.3 Å². The molecular formula is C13H15N3OS. The number of hydrogen-bond acceptors (Lipinski definition) is 4. The molecule has 2 rings (SSSR count). The van der Waals surface area contributed by atoms with Crippen LogP contribution in [0.25, 0.3) is 0 Å². The molecule has 0 aliphatic heterocycles. The fourth-order valence-corrected chi connectivity index (χ4v) is 2.22. The highest BCUT2D eigenvalue weighted by Gasteiger charge is 2.20. The first kappa shape index (κ1) is 12.7. The molecule has 0 aromatic carbocycles. The first-order valence-corrected chi connectivity index (χ1v) is 6.67. The number of thiazole rings is 1. The third kappa shape index (κ3) is 2.92. The van der Waals surface area contributed by atoms with Gasteiger partial charge < -0.3 is 4.90 Å². The highest BCUT2D eigenvalue weighted by atomic mass is 32.1. The molecule has 4 nitrogen and oxygen atoms in total. The van der Waals surface area contributed by atoms with E-state index >= 15 is 0 Å². The van der Waals surface area contributed by atoms with Gasteiger partial charge in [0.1, 0.15) is 10.7 Å². The van der Waals surface area contributed by atoms with E-state index in [0.717, 1.165) is 5.01 Å². The molecule has 5 heteroatoms. The van der Waals surface area contributed by atoms with Gasteiger partial charge in [0, 0.05) is 23.8 Å². The summed E-state index contributed by atoms with van der Waals surface area (Å²) in [5.41, 5.74) is 0.475. The molecule has 2 aromatic rings. The van der Waals surface area contributed by atoms with Crippen LogP contribution in [0.3, 0.4) is 0 Å². The maximum atomic E-state index is 12.4. The lowest BCUT2D eigenvalue weighted by molar-refractivity contribution is 0.0684. The van der Waals surface area contributed by atoms with Crippen LogP contribution >= 0.6 is 11.3 Å². The molecule has 0 saturated carbocycles. The summed E-state index contributed by atoms with van der Waals surface area (Å²) in [4.78, 5) is 22.5. The predicted molar refractivity (Wildman–Crippen MR) is 71.4 cm³/mol. The number of carbonyl (C=O) groups excluding carboxylic acids is 1. The van der Waals surface area contributed by atoms with E-state index < -0.39 is 0 Å². The lowest BCUT2D eigenvalue weighted by Gasteiger charge is -2.25. The van der Waals surface area contributed by atoms with Crippen LogP contribution < -0.4 is 0 Å². The van der Waals surface area contributed by atoms with E-state index in [9.17, 15) is 4.79 Å². The molecule has 0 fully saturated rings. The number of amides is 1. The van der Waals surface area contributed by atoms with Crippen LogP contribution in [0.2, 0.25) is 0 Å². The van der Waals surface area contributed by atoms with Crippen LogP contribution in [0.4, 0.5) is 0 Å². The second kappa shape index (κ2) is 5.73. The van der Waals surface area contributed by atoms with Gasteiger partial charge in [-0.1, -0.05) is 6.07 Å². The van der Waals surface area contributed by atoms with Gasteiger partial charge in [0.15, 0.2) is 0 Å². The van der Waals surface area contributed by atoms with Crippen molar-refractivity contribution >= 4 is 17.2 Å². The van der Waals surface area contributed by atoms with Crippen molar-refractivity contribution in [3.8, 4) is 0 Å². The Morgan fingerprint density at radius 2 is 2.17 bits per heavy atom. The Balaban J connectivity index is 2.18. The van der Waals surface area contributed by atoms with Gasteiger partial charge in [0.25, 0.3) is 5.91 Å². The average Bonchev–Trinajstić information content (AvgIpc) is 2.89. The van der Waals surface area contributed by atoms with E-state index in [4.69, 9.17) is 0 Å². The van der Waals surface area contributed by atoms with Crippen molar-refractivity contribution in [3.63, 3.8) is 0 Å². The number of hydrogen-bond donors (Lipinski definition) is 0. The fraction of sp³-hybridized carbons (Fsp3) is 0.308. The van der Waals surface area contributed by atoms with Gasteiger partial charge >= 0.3 is 0 Å². The average molecular weight is 261 g/mol.